The zero-order valence-corrected chi connectivity index (χ0v) is 12.7. The quantitative estimate of drug-likeness (QED) is 0.772. The van der Waals surface area contributed by atoms with E-state index in [9.17, 15) is 4.79 Å². The first-order valence-electron chi connectivity index (χ1n) is 6.56. The molecular weight excluding hydrogens is 284 g/mol. The molecule has 0 aromatic heterocycles. The molecule has 0 saturated carbocycles. The van der Waals surface area contributed by atoms with Crippen molar-refractivity contribution in [1.82, 2.24) is 0 Å². The summed E-state index contributed by atoms with van der Waals surface area (Å²) in [7, 11) is 1.66. The Hall–Kier alpha value is -2.14. The number of ether oxygens (including phenoxy) is 1. The number of thioether (sulfide) groups is 1. The van der Waals surface area contributed by atoms with E-state index in [0.29, 0.717) is 6.54 Å². The van der Waals surface area contributed by atoms with Crippen LogP contribution in [0, 0.1) is 0 Å². The SMILES string of the molecule is COc1cccc(CNc2ccccc2SCC(N)=O)c1. The van der Waals surface area contributed by atoms with Crippen molar-refractivity contribution in [3.05, 3.63) is 54.1 Å². The Morgan fingerprint density at radius 2 is 2.05 bits per heavy atom. The zero-order valence-electron chi connectivity index (χ0n) is 11.8. The lowest BCUT2D eigenvalue weighted by Gasteiger charge is -2.11. The third kappa shape index (κ3) is 4.72. The highest BCUT2D eigenvalue weighted by Gasteiger charge is 2.04. The van der Waals surface area contributed by atoms with Gasteiger partial charge in [-0.1, -0.05) is 24.3 Å². The number of carbonyl (C=O) groups is 1. The number of nitrogens with one attached hydrogen (secondary N) is 1. The van der Waals surface area contributed by atoms with Crippen molar-refractivity contribution in [1.29, 1.82) is 0 Å². The number of amides is 1. The number of rotatable bonds is 7. The predicted molar refractivity (Wildman–Crippen MR) is 86.7 cm³/mol. The van der Waals surface area contributed by atoms with Crippen LogP contribution in [-0.4, -0.2) is 18.8 Å². The molecule has 0 fully saturated rings. The molecule has 0 aliphatic rings. The van der Waals surface area contributed by atoms with Gasteiger partial charge in [-0.25, -0.2) is 0 Å². The molecule has 0 aliphatic heterocycles. The van der Waals surface area contributed by atoms with Crippen LogP contribution in [0.2, 0.25) is 0 Å². The number of benzene rings is 2. The van der Waals surface area contributed by atoms with E-state index in [-0.39, 0.29) is 11.7 Å². The molecule has 0 saturated heterocycles. The average molecular weight is 302 g/mol. The van der Waals surface area contributed by atoms with Crippen molar-refractivity contribution in [2.75, 3.05) is 18.2 Å². The van der Waals surface area contributed by atoms with E-state index in [1.165, 1.54) is 11.8 Å². The maximum absolute atomic E-state index is 10.9. The zero-order chi connectivity index (χ0) is 15.1. The Morgan fingerprint density at radius 3 is 2.81 bits per heavy atom. The van der Waals surface area contributed by atoms with Crippen molar-refractivity contribution < 1.29 is 9.53 Å². The fourth-order valence-electron chi connectivity index (χ4n) is 1.87. The minimum atomic E-state index is -0.317. The lowest BCUT2D eigenvalue weighted by molar-refractivity contribution is -0.115. The number of hydrogen-bond donors (Lipinski definition) is 2. The molecule has 0 atom stereocenters. The summed E-state index contributed by atoms with van der Waals surface area (Å²) in [6.45, 7) is 0.686. The first-order chi connectivity index (χ1) is 10.2. The van der Waals surface area contributed by atoms with Crippen molar-refractivity contribution >= 4 is 23.4 Å². The maximum atomic E-state index is 10.9. The maximum Gasteiger partial charge on any atom is 0.227 e. The van der Waals surface area contributed by atoms with Crippen molar-refractivity contribution in [2.45, 2.75) is 11.4 Å². The van der Waals surface area contributed by atoms with Crippen LogP contribution in [0.4, 0.5) is 5.69 Å². The smallest absolute Gasteiger partial charge is 0.227 e. The summed E-state index contributed by atoms with van der Waals surface area (Å²) in [5, 5.41) is 3.38. The van der Waals surface area contributed by atoms with Gasteiger partial charge in [-0.3, -0.25) is 4.79 Å². The molecule has 2 rings (SSSR count). The van der Waals surface area contributed by atoms with Gasteiger partial charge in [0.05, 0.1) is 12.9 Å². The number of para-hydroxylation sites is 1. The second-order valence-corrected chi connectivity index (χ2v) is 5.47. The minimum absolute atomic E-state index is 0.276. The molecule has 4 nitrogen and oxygen atoms in total. The van der Waals surface area contributed by atoms with Crippen LogP contribution in [-0.2, 0) is 11.3 Å². The van der Waals surface area contributed by atoms with Crippen LogP contribution in [0.5, 0.6) is 5.75 Å². The van der Waals surface area contributed by atoms with Gasteiger partial charge < -0.3 is 15.8 Å². The van der Waals surface area contributed by atoms with E-state index in [1.54, 1.807) is 7.11 Å². The van der Waals surface area contributed by atoms with Gasteiger partial charge in [0.1, 0.15) is 5.75 Å². The van der Waals surface area contributed by atoms with E-state index in [0.717, 1.165) is 21.9 Å². The Balaban J connectivity index is 2.03. The third-order valence-corrected chi connectivity index (χ3v) is 3.97. The van der Waals surface area contributed by atoms with E-state index in [2.05, 4.69) is 5.32 Å². The summed E-state index contributed by atoms with van der Waals surface area (Å²) in [6.07, 6.45) is 0. The fraction of sp³-hybridized carbons (Fsp3) is 0.188. The highest BCUT2D eigenvalue weighted by molar-refractivity contribution is 8.00. The van der Waals surface area contributed by atoms with Gasteiger partial charge in [0.2, 0.25) is 5.91 Å². The van der Waals surface area contributed by atoms with Crippen LogP contribution in [0.15, 0.2) is 53.4 Å². The van der Waals surface area contributed by atoms with Gasteiger partial charge in [-0.05, 0) is 29.8 Å². The number of methoxy groups -OCH3 is 1. The Labute approximate surface area is 128 Å². The Bertz CT molecular complexity index is 617. The first-order valence-corrected chi connectivity index (χ1v) is 7.54. The summed E-state index contributed by atoms with van der Waals surface area (Å²) >= 11 is 1.44. The highest BCUT2D eigenvalue weighted by Crippen LogP contribution is 2.27. The standard InChI is InChI=1S/C16H18N2O2S/c1-20-13-6-4-5-12(9-13)10-18-14-7-2-3-8-15(14)21-11-16(17)19/h2-9,18H,10-11H2,1H3,(H2,17,19). The van der Waals surface area contributed by atoms with Crippen LogP contribution >= 0.6 is 11.8 Å². The topological polar surface area (TPSA) is 64.3 Å². The molecule has 21 heavy (non-hydrogen) atoms. The highest BCUT2D eigenvalue weighted by atomic mass is 32.2. The second-order valence-electron chi connectivity index (χ2n) is 4.46. The van der Waals surface area contributed by atoms with E-state index < -0.39 is 0 Å². The lowest BCUT2D eigenvalue weighted by Crippen LogP contribution is -2.13. The van der Waals surface area contributed by atoms with Crippen molar-refractivity contribution in [3.63, 3.8) is 0 Å². The molecule has 1 amide bonds. The van der Waals surface area contributed by atoms with Gasteiger partial charge in [0.25, 0.3) is 0 Å². The van der Waals surface area contributed by atoms with Gasteiger partial charge in [0, 0.05) is 17.1 Å². The van der Waals surface area contributed by atoms with Crippen LogP contribution in [0.25, 0.3) is 0 Å². The molecule has 0 heterocycles. The third-order valence-electron chi connectivity index (χ3n) is 2.87. The number of anilines is 1. The normalized spacial score (nSPS) is 10.1. The summed E-state index contributed by atoms with van der Waals surface area (Å²) in [4.78, 5) is 11.9. The van der Waals surface area contributed by atoms with E-state index >= 15 is 0 Å². The van der Waals surface area contributed by atoms with E-state index in [4.69, 9.17) is 10.5 Å². The van der Waals surface area contributed by atoms with Gasteiger partial charge in [-0.15, -0.1) is 11.8 Å². The number of primary amides is 1. The molecule has 2 aromatic rings. The predicted octanol–water partition coefficient (Wildman–Crippen LogP) is 2.88. The van der Waals surface area contributed by atoms with E-state index in [1.807, 2.05) is 48.5 Å². The summed E-state index contributed by atoms with van der Waals surface area (Å²) in [5.74, 6) is 0.797. The molecule has 110 valence electrons. The molecule has 3 N–H and O–H groups in total. The molecule has 0 radical (unpaired) electrons. The first kappa shape index (κ1) is 15.3. The Morgan fingerprint density at radius 1 is 1.24 bits per heavy atom. The molecule has 0 unspecified atom stereocenters. The van der Waals surface area contributed by atoms with Gasteiger partial charge >= 0.3 is 0 Å². The molecule has 0 aliphatic carbocycles. The molecule has 0 bridgehead atoms. The molecular formula is C16H18N2O2S. The Kier molecular flexibility index (Phi) is 5.51. The number of hydrogen-bond acceptors (Lipinski definition) is 4. The monoisotopic (exact) mass is 302 g/mol. The van der Waals surface area contributed by atoms with Crippen molar-refractivity contribution in [2.24, 2.45) is 5.73 Å². The number of nitrogens with two attached hydrogens (primary N) is 1. The van der Waals surface area contributed by atoms with Gasteiger partial charge in [-0.2, -0.15) is 0 Å². The lowest BCUT2D eigenvalue weighted by atomic mass is 10.2. The van der Waals surface area contributed by atoms with Crippen molar-refractivity contribution in [3.8, 4) is 5.75 Å². The second kappa shape index (κ2) is 7.59. The summed E-state index contributed by atoms with van der Waals surface area (Å²) in [5.41, 5.74) is 7.31. The summed E-state index contributed by atoms with van der Waals surface area (Å²) < 4.78 is 5.21. The number of carbonyl (C=O) groups excluding carboxylic acids is 1. The fourth-order valence-corrected chi connectivity index (χ4v) is 2.64. The molecule has 5 heteroatoms. The molecule has 2 aromatic carbocycles. The largest absolute Gasteiger partial charge is 0.497 e. The summed E-state index contributed by atoms with van der Waals surface area (Å²) in [6, 6.07) is 15.8. The molecule has 0 spiro atoms. The van der Waals surface area contributed by atoms with Crippen LogP contribution in [0.3, 0.4) is 0 Å². The minimum Gasteiger partial charge on any atom is -0.497 e. The van der Waals surface area contributed by atoms with Gasteiger partial charge in [0.15, 0.2) is 0 Å². The average Bonchev–Trinajstić information content (AvgIpc) is 2.52. The van der Waals surface area contributed by atoms with Crippen LogP contribution < -0.4 is 15.8 Å². The van der Waals surface area contributed by atoms with Crippen LogP contribution in [0.1, 0.15) is 5.56 Å².